The van der Waals surface area contributed by atoms with Crippen molar-refractivity contribution in [3.63, 3.8) is 0 Å². The summed E-state index contributed by atoms with van der Waals surface area (Å²) < 4.78 is 0. The van der Waals surface area contributed by atoms with E-state index in [9.17, 15) is 0 Å². The van der Waals surface area contributed by atoms with Gasteiger partial charge in [0.2, 0.25) is 0 Å². The molecule has 2 atom stereocenters. The Morgan fingerprint density at radius 3 is 1.12 bits per heavy atom. The highest BCUT2D eigenvalue weighted by Crippen LogP contribution is 2.56. The van der Waals surface area contributed by atoms with Gasteiger partial charge in [-0.2, -0.15) is 0 Å². The Labute approximate surface area is 326 Å². The largest absolute Gasteiger partial charge is 0.264 e. The van der Waals surface area contributed by atoms with Crippen LogP contribution < -0.4 is 0 Å². The zero-order chi connectivity index (χ0) is 37.1. The Morgan fingerprint density at radius 1 is 0.339 bits per heavy atom. The molecule has 0 N–H and O–H groups in total. The van der Waals surface area contributed by atoms with Crippen molar-refractivity contribution in [2.24, 2.45) is 0 Å². The molecule has 2 aliphatic rings. The number of aromatic nitrogens is 2. The van der Waals surface area contributed by atoms with Crippen molar-refractivity contribution in [1.82, 2.24) is 9.97 Å². The molecule has 0 amide bonds. The summed E-state index contributed by atoms with van der Waals surface area (Å²) in [4.78, 5) is 9.26. The van der Waals surface area contributed by atoms with E-state index in [-0.39, 0.29) is 0 Å². The van der Waals surface area contributed by atoms with Gasteiger partial charge in [-0.05, 0) is 127 Å². The van der Waals surface area contributed by atoms with Gasteiger partial charge in [0, 0.05) is 47.0 Å². The minimum Gasteiger partial charge on any atom is -0.264 e. The van der Waals surface area contributed by atoms with Crippen LogP contribution in [0.2, 0.25) is 0 Å². The van der Waals surface area contributed by atoms with Crippen molar-refractivity contribution < 1.29 is 0 Å². The number of nitrogens with zero attached hydrogens (tertiary/aromatic N) is 2. The van der Waals surface area contributed by atoms with Crippen molar-refractivity contribution in [2.75, 3.05) is 0 Å². The van der Waals surface area contributed by atoms with Crippen LogP contribution in [0.15, 0.2) is 195 Å². The molecule has 0 aliphatic heterocycles. The van der Waals surface area contributed by atoms with Crippen LogP contribution in [0.5, 0.6) is 0 Å². The molecule has 0 bridgehead atoms. The lowest BCUT2D eigenvalue weighted by Gasteiger charge is -2.30. The first-order valence-corrected chi connectivity index (χ1v) is 19.0. The number of hydrogen-bond acceptors (Lipinski definition) is 2. The second-order valence-electron chi connectivity index (χ2n) is 14.6. The minimum absolute atomic E-state index is 0.750. The van der Waals surface area contributed by atoms with E-state index in [4.69, 9.17) is 0 Å². The van der Waals surface area contributed by atoms with Gasteiger partial charge in [-0.15, -0.1) is 0 Å². The van der Waals surface area contributed by atoms with Gasteiger partial charge in [-0.25, -0.2) is 0 Å². The fourth-order valence-corrected chi connectivity index (χ4v) is 9.09. The molecule has 9 aromatic rings. The maximum absolute atomic E-state index is 4.63. The Balaban J connectivity index is 1.18. The molecule has 258 valence electrons. The van der Waals surface area contributed by atoms with Gasteiger partial charge in [0.05, 0.1) is 0 Å². The first-order chi connectivity index (χ1) is 27.7. The van der Waals surface area contributed by atoms with E-state index in [0.717, 1.165) is 44.5 Å². The Morgan fingerprint density at radius 2 is 0.714 bits per heavy atom. The van der Waals surface area contributed by atoms with Gasteiger partial charge in [-0.3, -0.25) is 9.97 Å². The molecular formula is C54H32N2. The van der Waals surface area contributed by atoms with Gasteiger partial charge in [0.1, 0.15) is 10.8 Å². The van der Waals surface area contributed by atoms with Crippen LogP contribution in [0.1, 0.15) is 44.5 Å². The second kappa shape index (κ2) is 12.5. The maximum atomic E-state index is 4.63. The highest BCUT2D eigenvalue weighted by molar-refractivity contribution is 5.97. The van der Waals surface area contributed by atoms with E-state index in [1.165, 1.54) is 43.8 Å². The first kappa shape index (κ1) is 32.0. The third-order valence-electron chi connectivity index (χ3n) is 11.7. The molecule has 0 radical (unpaired) electrons. The Kier molecular flexibility index (Phi) is 7.15. The van der Waals surface area contributed by atoms with Crippen LogP contribution >= 0.6 is 0 Å². The van der Waals surface area contributed by atoms with Crippen LogP contribution in [-0.4, -0.2) is 9.97 Å². The summed E-state index contributed by atoms with van der Waals surface area (Å²) in [6, 6.07) is 60.5. The van der Waals surface area contributed by atoms with Crippen molar-refractivity contribution in [3.8, 4) is 45.9 Å². The molecule has 0 saturated heterocycles. The third kappa shape index (κ3) is 4.74. The fraction of sp³-hybridized carbons (Fsp3) is 0.0370. The van der Waals surface area contributed by atoms with Gasteiger partial charge >= 0.3 is 0 Å². The lowest BCUT2D eigenvalue weighted by Crippen LogP contribution is -2.27. The van der Waals surface area contributed by atoms with Gasteiger partial charge in [-0.1, -0.05) is 133 Å². The van der Waals surface area contributed by atoms with Gasteiger partial charge < -0.3 is 0 Å². The normalized spacial score (nSPS) is 17.1. The Bertz CT molecular complexity index is 2930. The molecule has 2 aromatic heterocycles. The highest BCUT2D eigenvalue weighted by Gasteiger charge is 2.47. The predicted molar refractivity (Wildman–Crippen MR) is 227 cm³/mol. The van der Waals surface area contributed by atoms with Crippen molar-refractivity contribution >= 4 is 21.5 Å². The van der Waals surface area contributed by atoms with E-state index in [2.05, 4.69) is 167 Å². The summed E-state index contributed by atoms with van der Waals surface area (Å²) in [5.41, 5.74) is 11.8. The van der Waals surface area contributed by atoms with Crippen LogP contribution in [0.3, 0.4) is 0 Å². The lowest BCUT2D eigenvalue weighted by atomic mass is 9.69. The number of fused-ring (bicyclic) bond motifs is 8. The number of benzene rings is 7. The molecule has 11 rings (SSSR count). The van der Waals surface area contributed by atoms with Crippen LogP contribution in [-0.2, 0) is 10.8 Å². The first-order valence-electron chi connectivity index (χ1n) is 19.0. The topological polar surface area (TPSA) is 25.8 Å². The monoisotopic (exact) mass is 708 g/mol. The second-order valence-corrected chi connectivity index (χ2v) is 14.6. The molecule has 2 heteroatoms. The van der Waals surface area contributed by atoms with Crippen LogP contribution in [0, 0.1) is 23.7 Å². The number of rotatable bonds is 2. The molecule has 7 aromatic carbocycles. The summed E-state index contributed by atoms with van der Waals surface area (Å²) in [6.45, 7) is 0. The molecule has 0 spiro atoms. The minimum atomic E-state index is -0.750. The van der Waals surface area contributed by atoms with E-state index in [1.807, 2.05) is 61.2 Å². The maximum Gasteiger partial charge on any atom is 0.108 e. The summed E-state index contributed by atoms with van der Waals surface area (Å²) in [6.07, 6.45) is 7.80. The molecule has 0 fully saturated rings. The zero-order valence-electron chi connectivity index (χ0n) is 30.4. The lowest BCUT2D eigenvalue weighted by molar-refractivity contribution is 0.814. The van der Waals surface area contributed by atoms with Crippen molar-refractivity contribution in [1.29, 1.82) is 0 Å². The average Bonchev–Trinajstić information content (AvgIpc) is 3.70. The summed E-state index contributed by atoms with van der Waals surface area (Å²) in [5, 5.41) is 4.76. The summed E-state index contributed by atoms with van der Waals surface area (Å²) in [5.74, 6) is 15.0. The molecule has 56 heavy (non-hydrogen) atoms. The van der Waals surface area contributed by atoms with Crippen LogP contribution in [0.4, 0.5) is 0 Å². The zero-order valence-corrected chi connectivity index (χ0v) is 30.4. The fourth-order valence-electron chi connectivity index (χ4n) is 9.09. The average molecular weight is 709 g/mol. The quantitative estimate of drug-likeness (QED) is 0.167. The molecule has 2 nitrogen and oxygen atoms in total. The summed E-state index contributed by atoms with van der Waals surface area (Å²) >= 11 is 0. The number of hydrogen-bond donors (Lipinski definition) is 0. The van der Waals surface area contributed by atoms with E-state index in [1.54, 1.807) is 0 Å². The van der Waals surface area contributed by atoms with E-state index >= 15 is 0 Å². The smallest absolute Gasteiger partial charge is 0.108 e. The van der Waals surface area contributed by atoms with Crippen molar-refractivity contribution in [2.45, 2.75) is 10.8 Å². The molecule has 0 saturated carbocycles. The molecule has 2 aliphatic carbocycles. The SMILES string of the molecule is C(#CC1(c2ccc(C3(C#Cc4ccccc4)c4ccncc4-c4cc5ccccc5cc43)cc2)c2ccncc2-c2cc3ccccc3cc21)c1ccccc1. The molecule has 2 unspecified atom stereocenters. The van der Waals surface area contributed by atoms with Gasteiger partial charge in [0.25, 0.3) is 0 Å². The highest BCUT2D eigenvalue weighted by atomic mass is 14.6. The summed E-state index contributed by atoms with van der Waals surface area (Å²) in [7, 11) is 0. The van der Waals surface area contributed by atoms with Crippen LogP contribution in [0.25, 0.3) is 43.8 Å². The van der Waals surface area contributed by atoms with Gasteiger partial charge in [0.15, 0.2) is 0 Å². The van der Waals surface area contributed by atoms with E-state index in [0.29, 0.717) is 0 Å². The third-order valence-corrected chi connectivity index (χ3v) is 11.7. The standard InChI is InChI=1S/C54H32N2/c1-3-11-37(12-4-1)23-27-53(49-25-29-55-35-47(49)45-31-39-15-7-9-17-41(39)33-51(45)53)43-19-21-44(22-20-43)54(28-24-38-13-5-2-6-14-38)50-26-30-56-36-48(50)46-32-40-16-8-10-18-42(40)34-52(46)54/h1-22,25-26,29-36H. The Hall–Kier alpha value is -7.52. The molecular weight excluding hydrogens is 677 g/mol. The molecule has 2 heterocycles. The number of pyridine rings is 2. The van der Waals surface area contributed by atoms with E-state index < -0.39 is 10.8 Å². The van der Waals surface area contributed by atoms with Crippen molar-refractivity contribution in [3.05, 3.63) is 239 Å². The predicted octanol–water partition coefficient (Wildman–Crippen LogP) is 11.5.